The summed E-state index contributed by atoms with van der Waals surface area (Å²) in [6, 6.07) is 15.8. The fraction of sp³-hybridized carbons (Fsp3) is 0.500. The fourth-order valence-corrected chi connectivity index (χ4v) is 18.8. The Labute approximate surface area is 368 Å². The van der Waals surface area contributed by atoms with E-state index in [1.54, 1.807) is 23.9 Å². The summed E-state index contributed by atoms with van der Waals surface area (Å²) in [5.41, 5.74) is 6.09. The first-order valence-electron chi connectivity index (χ1n) is 19.7. The van der Waals surface area contributed by atoms with E-state index >= 15 is 0 Å². The normalized spacial score (nSPS) is 40.1. The zero-order chi connectivity index (χ0) is 43.5. The van der Waals surface area contributed by atoms with E-state index in [-0.39, 0.29) is 55.4 Å². The molecular weight excluding hydrogens is 885 g/mol. The number of benzene rings is 2. The summed E-state index contributed by atoms with van der Waals surface area (Å²) in [6.45, 7) is -1.37. The highest BCUT2D eigenvalue weighted by molar-refractivity contribution is 8.78. The van der Waals surface area contributed by atoms with Crippen molar-refractivity contribution in [2.24, 2.45) is 0 Å². The molecule has 0 radical (unpaired) electrons. The smallest absolute Gasteiger partial charge is 0.354 e. The van der Waals surface area contributed by atoms with Crippen LogP contribution in [0.4, 0.5) is 17.3 Å². The Bertz CT molecular complexity index is 2450. The van der Waals surface area contributed by atoms with Gasteiger partial charge in [-0.2, -0.15) is 4.98 Å². The molecule has 24 heteroatoms. The van der Waals surface area contributed by atoms with Crippen LogP contribution in [0.25, 0.3) is 0 Å². The van der Waals surface area contributed by atoms with Crippen LogP contribution in [0.1, 0.15) is 36.6 Å². The van der Waals surface area contributed by atoms with Crippen molar-refractivity contribution in [1.29, 1.82) is 0 Å². The number of piperazine rings is 2. The van der Waals surface area contributed by atoms with Crippen molar-refractivity contribution in [3.05, 3.63) is 76.5 Å². The number of fused-ring (bicyclic) bond motifs is 11. The first-order valence-corrected chi connectivity index (χ1v) is 24.0. The number of nitrogens with two attached hydrogens (primary N) is 1. The number of amides is 4. The minimum absolute atomic E-state index is 0.112. The lowest BCUT2D eigenvalue weighted by Gasteiger charge is -2.57. The Kier molecular flexibility index (Phi) is 8.59. The van der Waals surface area contributed by atoms with Crippen LogP contribution in [0.3, 0.4) is 0 Å². The van der Waals surface area contributed by atoms with Gasteiger partial charge in [0.15, 0.2) is 9.74 Å². The summed E-state index contributed by atoms with van der Waals surface area (Å²) in [5.74, 6) is -1.30. The van der Waals surface area contributed by atoms with Crippen LogP contribution in [0, 0.1) is 0 Å². The number of carbonyl (C=O) groups excluding carboxylic acids is 4. The van der Waals surface area contributed by atoms with Gasteiger partial charge in [0.05, 0.1) is 36.8 Å². The van der Waals surface area contributed by atoms with Gasteiger partial charge >= 0.3 is 5.69 Å². The van der Waals surface area contributed by atoms with E-state index in [2.05, 4.69) is 20.6 Å². The molecule has 11 atom stereocenters. The molecule has 9 fully saturated rings. The van der Waals surface area contributed by atoms with E-state index in [1.165, 1.54) is 59.3 Å². The summed E-state index contributed by atoms with van der Waals surface area (Å²) in [4.78, 5) is 77.6. The Balaban J connectivity index is 0.000000228. The summed E-state index contributed by atoms with van der Waals surface area (Å²) in [6.07, 6.45) is -1.76. The first kappa shape index (κ1) is 40.5. The van der Waals surface area contributed by atoms with Crippen LogP contribution < -0.4 is 22.1 Å². The van der Waals surface area contributed by atoms with Gasteiger partial charge in [-0.3, -0.25) is 33.5 Å². The molecule has 11 aliphatic rings. The molecule has 0 aliphatic carbocycles. The van der Waals surface area contributed by atoms with Crippen molar-refractivity contribution in [1.82, 2.24) is 34.1 Å². The lowest BCUT2D eigenvalue weighted by atomic mass is 9.54. The SMILES string of the molecule is CN1C(=O)[C@@]23C[C@]4([C@]56C[C@@]78SS[C@@](CO)(C(=O)N7[C@H]5Nc5ccccc56)N(C)C8=O)c5ccccc5N[C@@H]4N2C(=O)[C@]1(CO)SS3.Nc1ncn([C@H]2C[C@H](O)[C@@H](CO)O2)c(=O)n1. The number of aliphatic hydroxyl groups excluding tert-OH is 4. The van der Waals surface area contributed by atoms with Crippen LogP contribution in [-0.2, 0) is 34.7 Å². The van der Waals surface area contributed by atoms with Crippen molar-refractivity contribution in [2.75, 3.05) is 50.3 Å². The molecule has 62 heavy (non-hydrogen) atoms. The summed E-state index contributed by atoms with van der Waals surface area (Å²) < 4.78 is 6.41. The van der Waals surface area contributed by atoms with Crippen LogP contribution in [-0.4, -0.2) is 156 Å². The Morgan fingerprint density at radius 1 is 0.758 bits per heavy atom. The van der Waals surface area contributed by atoms with Crippen molar-refractivity contribution in [3.63, 3.8) is 0 Å². The molecule has 9 saturated heterocycles. The molecule has 4 bridgehead atoms. The number of hydrogen-bond acceptors (Lipinski definition) is 19. The highest BCUT2D eigenvalue weighted by atomic mass is 33.1. The van der Waals surface area contributed by atoms with Gasteiger partial charge in [0.25, 0.3) is 23.6 Å². The molecule has 12 heterocycles. The summed E-state index contributed by atoms with van der Waals surface area (Å²) >= 11 is 0. The van der Waals surface area contributed by atoms with E-state index in [9.17, 15) is 39.3 Å². The van der Waals surface area contributed by atoms with E-state index in [0.717, 1.165) is 27.1 Å². The number of aromatic nitrogens is 3. The second-order valence-corrected chi connectivity index (χ2v) is 22.2. The first-order chi connectivity index (χ1) is 29.7. The molecule has 2 aromatic carbocycles. The van der Waals surface area contributed by atoms with E-state index in [0.29, 0.717) is 0 Å². The van der Waals surface area contributed by atoms with Gasteiger partial charge in [-0.05, 0) is 44.8 Å². The molecule has 8 N–H and O–H groups in total. The molecule has 3 aromatic rings. The van der Waals surface area contributed by atoms with E-state index in [4.69, 9.17) is 15.6 Å². The van der Waals surface area contributed by atoms with Gasteiger partial charge in [0.2, 0.25) is 15.7 Å². The maximum atomic E-state index is 14.7. The van der Waals surface area contributed by atoms with Crippen LogP contribution in [0.15, 0.2) is 59.7 Å². The zero-order valence-corrected chi connectivity index (χ0v) is 36.2. The number of para-hydroxylation sites is 2. The number of likely N-dealkylation sites (N-methyl/N-ethyl adjacent to an activating group) is 2. The third-order valence-corrected chi connectivity index (χ3v) is 21.7. The van der Waals surface area contributed by atoms with Gasteiger partial charge in [0.1, 0.15) is 31.0 Å². The Morgan fingerprint density at radius 2 is 1.24 bits per heavy atom. The zero-order valence-electron chi connectivity index (χ0n) is 32.9. The maximum Gasteiger partial charge on any atom is 0.354 e. The number of nitrogens with one attached hydrogen (secondary N) is 2. The average molecular weight is 925 g/mol. The Morgan fingerprint density at radius 3 is 1.68 bits per heavy atom. The average Bonchev–Trinajstić information content (AvgIpc) is 4.04. The predicted octanol–water partition coefficient (Wildman–Crippen LogP) is -0.805. The quantitative estimate of drug-likeness (QED) is 0.154. The number of nitrogen functional groups attached to an aromatic ring is 1. The van der Waals surface area contributed by atoms with Gasteiger partial charge in [-0.25, -0.2) is 9.78 Å². The molecule has 1 aromatic heterocycles. The third-order valence-electron chi connectivity index (χ3n) is 14.4. The number of anilines is 3. The number of hydrogen-bond donors (Lipinski definition) is 7. The monoisotopic (exact) mass is 924 g/mol. The standard InChI is InChI=1S/C30H28N6O6S4.C8H12N4O4/c1-33-21(39)27-11-25(15-7-3-5-9-17(15)31-19(25)35(27)23(41)29(33,13-37)45-43-27)26-12-28-22(40)34(2)30(14-38,46-44-28)24(42)36(28)20(26)32-18-10-6-4-8-16(18)26;9-7-10-3-12(8(15)11-7)6-1-4(14)5(2-13)16-6/h3-10,19-20,31-32,37-38H,11-14H2,1-2H3;3-6,13-14H,1-2H2,(H2,9,11,15)/t19-,20-,25+,26+,27+,28+,29+,30+;4-,5+,6+/m10/s1. The van der Waals surface area contributed by atoms with Gasteiger partial charge in [-0.1, -0.05) is 58.0 Å². The lowest BCUT2D eigenvalue weighted by Crippen LogP contribution is -2.77. The van der Waals surface area contributed by atoms with Crippen LogP contribution in [0.5, 0.6) is 0 Å². The third kappa shape index (κ3) is 4.45. The molecule has 20 nitrogen and oxygen atoms in total. The van der Waals surface area contributed by atoms with Crippen molar-refractivity contribution in [2.45, 2.75) is 80.3 Å². The molecule has 2 spiro atoms. The van der Waals surface area contributed by atoms with Crippen molar-refractivity contribution < 1.29 is 44.3 Å². The number of ether oxygens (including phenoxy) is 1. The number of aliphatic hydroxyl groups is 4. The van der Waals surface area contributed by atoms with Crippen LogP contribution in [0.2, 0.25) is 0 Å². The highest BCUT2D eigenvalue weighted by Gasteiger charge is 2.87. The second-order valence-electron chi connectivity index (χ2n) is 16.9. The van der Waals surface area contributed by atoms with Gasteiger partial charge < -0.3 is 51.3 Å². The molecule has 0 unspecified atom stereocenters. The summed E-state index contributed by atoms with van der Waals surface area (Å²) in [7, 11) is 8.28. The lowest BCUT2D eigenvalue weighted by molar-refractivity contribution is -0.166. The minimum atomic E-state index is -1.47. The fourth-order valence-electron chi connectivity index (χ4n) is 11.5. The summed E-state index contributed by atoms with van der Waals surface area (Å²) in [5, 5.41) is 47.0. The minimum Gasteiger partial charge on any atom is -0.394 e. The van der Waals surface area contributed by atoms with Gasteiger partial charge in [0, 0.05) is 44.7 Å². The molecule has 326 valence electrons. The van der Waals surface area contributed by atoms with Gasteiger partial charge in [-0.15, -0.1) is 0 Å². The topological polar surface area (TPSA) is 269 Å². The molecule has 14 rings (SSSR count). The molecular formula is C38H40N10O10S4. The number of rotatable bonds is 5. The molecule has 11 aliphatic heterocycles. The van der Waals surface area contributed by atoms with E-state index < -0.39 is 80.0 Å². The maximum absolute atomic E-state index is 14.7. The molecule has 4 amide bonds. The predicted molar refractivity (Wildman–Crippen MR) is 227 cm³/mol. The van der Waals surface area contributed by atoms with Crippen molar-refractivity contribution in [3.8, 4) is 0 Å². The molecule has 0 saturated carbocycles. The highest BCUT2D eigenvalue weighted by Crippen LogP contribution is 2.78. The van der Waals surface area contributed by atoms with Crippen molar-refractivity contribution >= 4 is 84.1 Å². The largest absolute Gasteiger partial charge is 0.394 e. The number of carbonyl (C=O) groups is 4. The van der Waals surface area contributed by atoms with E-state index in [1.807, 2.05) is 48.5 Å². The number of nitrogens with zero attached hydrogens (tertiary/aromatic N) is 7. The van der Waals surface area contributed by atoms with Crippen LogP contribution >= 0.6 is 43.2 Å². The Hall–Kier alpha value is -4.27. The second kappa shape index (κ2) is 13.2.